The minimum absolute atomic E-state index is 0.226. The first-order valence-electron chi connectivity index (χ1n) is 5.44. The summed E-state index contributed by atoms with van der Waals surface area (Å²) in [7, 11) is 0. The second-order valence-corrected chi connectivity index (χ2v) is 5.85. The maximum absolute atomic E-state index is 13.9. The zero-order valence-corrected chi connectivity index (χ0v) is 13.0. The normalized spacial score (nSPS) is 12.5. The van der Waals surface area contributed by atoms with Crippen LogP contribution in [0.25, 0.3) is 0 Å². The van der Waals surface area contributed by atoms with E-state index in [0.717, 1.165) is 5.56 Å². The third-order valence-electron chi connectivity index (χ3n) is 2.83. The summed E-state index contributed by atoms with van der Waals surface area (Å²) in [6, 6.07) is 6.96. The Bertz CT molecular complexity index is 629. The van der Waals surface area contributed by atoms with Crippen LogP contribution in [-0.2, 0) is 0 Å². The largest absolute Gasteiger partial charge is 0.207 e. The van der Waals surface area contributed by atoms with E-state index < -0.39 is 17.0 Å². The summed E-state index contributed by atoms with van der Waals surface area (Å²) in [4.78, 5) is 0. The van der Waals surface area contributed by atoms with Crippen LogP contribution in [0.15, 0.2) is 34.8 Å². The fourth-order valence-corrected chi connectivity index (χ4v) is 2.67. The van der Waals surface area contributed by atoms with Gasteiger partial charge in [0.2, 0.25) is 0 Å². The van der Waals surface area contributed by atoms with Gasteiger partial charge in [-0.25, -0.2) is 8.78 Å². The van der Waals surface area contributed by atoms with Gasteiger partial charge in [0.05, 0.1) is 10.4 Å². The molecule has 2 aromatic carbocycles. The molecule has 5 heteroatoms. The third-order valence-corrected chi connectivity index (χ3v) is 4.49. The molecule has 0 heterocycles. The van der Waals surface area contributed by atoms with E-state index in [1.54, 1.807) is 13.0 Å². The summed E-state index contributed by atoms with van der Waals surface area (Å²) in [6.45, 7) is 1.79. The van der Waals surface area contributed by atoms with Crippen LogP contribution in [0.4, 0.5) is 8.78 Å². The van der Waals surface area contributed by atoms with Crippen LogP contribution in [0, 0.1) is 18.6 Å². The van der Waals surface area contributed by atoms with Crippen LogP contribution >= 0.6 is 39.1 Å². The molecular weight excluding hydrogens is 357 g/mol. The highest BCUT2D eigenvalue weighted by molar-refractivity contribution is 9.10. The Morgan fingerprint density at radius 3 is 2.47 bits per heavy atom. The molecule has 0 saturated heterocycles. The monoisotopic (exact) mass is 364 g/mol. The van der Waals surface area contributed by atoms with Crippen molar-refractivity contribution in [2.24, 2.45) is 0 Å². The summed E-state index contributed by atoms with van der Waals surface area (Å²) in [5.41, 5.74) is 1.54. The van der Waals surface area contributed by atoms with Gasteiger partial charge in [0.1, 0.15) is 11.6 Å². The second-order valence-electron chi connectivity index (χ2n) is 4.15. The Kier molecular flexibility index (Phi) is 4.49. The predicted molar refractivity (Wildman–Crippen MR) is 77.9 cm³/mol. The topological polar surface area (TPSA) is 0 Å². The lowest BCUT2D eigenvalue weighted by molar-refractivity contribution is 0.608. The molecule has 0 bridgehead atoms. The van der Waals surface area contributed by atoms with Gasteiger partial charge in [0.15, 0.2) is 0 Å². The molecule has 0 nitrogen and oxygen atoms in total. The van der Waals surface area contributed by atoms with E-state index in [1.807, 2.05) is 0 Å². The van der Waals surface area contributed by atoms with Crippen molar-refractivity contribution in [2.75, 3.05) is 0 Å². The van der Waals surface area contributed by atoms with Crippen LogP contribution in [0.2, 0.25) is 5.02 Å². The maximum atomic E-state index is 13.9. The van der Waals surface area contributed by atoms with Crippen molar-refractivity contribution in [2.45, 2.75) is 12.3 Å². The average molecular weight is 366 g/mol. The molecule has 0 radical (unpaired) electrons. The Labute approximate surface area is 128 Å². The van der Waals surface area contributed by atoms with Gasteiger partial charge in [0.25, 0.3) is 0 Å². The van der Waals surface area contributed by atoms with Gasteiger partial charge in [-0.3, -0.25) is 0 Å². The summed E-state index contributed by atoms with van der Waals surface area (Å²) in [6.07, 6.45) is 0. The molecule has 0 saturated carbocycles. The number of hydrogen-bond acceptors (Lipinski definition) is 0. The number of rotatable bonds is 2. The minimum Gasteiger partial charge on any atom is -0.207 e. The molecule has 19 heavy (non-hydrogen) atoms. The zero-order valence-electron chi connectivity index (χ0n) is 9.85. The van der Waals surface area contributed by atoms with Gasteiger partial charge in [-0.15, -0.1) is 11.6 Å². The lowest BCUT2D eigenvalue weighted by Gasteiger charge is -2.15. The highest BCUT2D eigenvalue weighted by atomic mass is 79.9. The summed E-state index contributed by atoms with van der Waals surface area (Å²) >= 11 is 15.3. The predicted octanol–water partition coefficient (Wildman–Crippen LogP) is 6.02. The van der Waals surface area contributed by atoms with Crippen LogP contribution in [-0.4, -0.2) is 0 Å². The molecule has 2 aromatic rings. The van der Waals surface area contributed by atoms with E-state index >= 15 is 0 Å². The van der Waals surface area contributed by atoms with Crippen molar-refractivity contribution in [1.82, 2.24) is 0 Å². The highest BCUT2D eigenvalue weighted by Crippen LogP contribution is 2.36. The van der Waals surface area contributed by atoms with E-state index in [4.69, 9.17) is 23.2 Å². The van der Waals surface area contributed by atoms with Crippen molar-refractivity contribution in [3.05, 3.63) is 68.2 Å². The van der Waals surface area contributed by atoms with Gasteiger partial charge in [-0.2, -0.15) is 0 Å². The zero-order chi connectivity index (χ0) is 14.2. The van der Waals surface area contributed by atoms with Crippen LogP contribution < -0.4 is 0 Å². The number of aryl methyl sites for hydroxylation is 1. The third kappa shape index (κ3) is 3.10. The van der Waals surface area contributed by atoms with Crippen molar-refractivity contribution in [3.63, 3.8) is 0 Å². The number of hydrogen-bond donors (Lipinski definition) is 0. The van der Waals surface area contributed by atoms with Crippen molar-refractivity contribution < 1.29 is 8.78 Å². The van der Waals surface area contributed by atoms with Gasteiger partial charge in [-0.05, 0) is 58.2 Å². The summed E-state index contributed by atoms with van der Waals surface area (Å²) in [5, 5.41) is -0.433. The van der Waals surface area contributed by atoms with Crippen LogP contribution in [0.1, 0.15) is 22.1 Å². The molecule has 100 valence electrons. The van der Waals surface area contributed by atoms with E-state index in [2.05, 4.69) is 15.9 Å². The van der Waals surface area contributed by atoms with Crippen LogP contribution in [0.3, 0.4) is 0 Å². The van der Waals surface area contributed by atoms with E-state index in [1.165, 1.54) is 24.3 Å². The molecule has 1 atom stereocenters. The van der Waals surface area contributed by atoms with E-state index in [9.17, 15) is 8.78 Å². The average Bonchev–Trinajstić information content (AvgIpc) is 2.36. The molecule has 0 aliphatic heterocycles. The summed E-state index contributed by atoms with van der Waals surface area (Å²) < 4.78 is 27.7. The Hall–Kier alpha value is -0.640. The standard InChI is InChI=1S/C14H9BrCl2F2/c1-7-2-3-8(18)4-9(7)14(17)10-5-12(16)11(15)6-13(10)19/h2-6,14H,1H3. The molecule has 2 rings (SSSR count). The molecule has 0 amide bonds. The van der Waals surface area contributed by atoms with Gasteiger partial charge < -0.3 is 0 Å². The second kappa shape index (κ2) is 5.78. The maximum Gasteiger partial charge on any atom is 0.129 e. The molecular formula is C14H9BrCl2F2. The van der Waals surface area contributed by atoms with Gasteiger partial charge in [0, 0.05) is 10.0 Å². The summed E-state index contributed by atoms with van der Waals surface area (Å²) in [5.74, 6) is -0.894. The Morgan fingerprint density at radius 1 is 1.11 bits per heavy atom. The molecule has 1 unspecified atom stereocenters. The SMILES string of the molecule is Cc1ccc(F)cc1C(Cl)c1cc(Cl)c(Br)cc1F. The Balaban J connectivity index is 2.52. The smallest absolute Gasteiger partial charge is 0.129 e. The van der Waals surface area contributed by atoms with Crippen molar-refractivity contribution in [1.29, 1.82) is 0 Å². The number of halogens is 5. The number of benzene rings is 2. The molecule has 0 N–H and O–H groups in total. The fourth-order valence-electron chi connectivity index (χ4n) is 1.78. The van der Waals surface area contributed by atoms with E-state index in [0.29, 0.717) is 15.1 Å². The van der Waals surface area contributed by atoms with Gasteiger partial charge in [-0.1, -0.05) is 17.7 Å². The molecule has 0 fully saturated rings. The highest BCUT2D eigenvalue weighted by Gasteiger charge is 2.19. The van der Waals surface area contributed by atoms with E-state index in [-0.39, 0.29) is 5.56 Å². The lowest BCUT2D eigenvalue weighted by atomic mass is 9.99. The fraction of sp³-hybridized carbons (Fsp3) is 0.143. The van der Waals surface area contributed by atoms with Crippen molar-refractivity contribution >= 4 is 39.1 Å². The quantitative estimate of drug-likeness (QED) is 0.451. The van der Waals surface area contributed by atoms with Crippen molar-refractivity contribution in [3.8, 4) is 0 Å². The molecule has 0 aliphatic rings. The molecule has 0 aliphatic carbocycles. The lowest BCUT2D eigenvalue weighted by Crippen LogP contribution is -2.00. The minimum atomic E-state index is -0.790. The Morgan fingerprint density at radius 2 is 1.79 bits per heavy atom. The molecule has 0 spiro atoms. The first-order chi connectivity index (χ1) is 8.90. The first kappa shape index (κ1) is 14.8. The van der Waals surface area contributed by atoms with Gasteiger partial charge >= 0.3 is 0 Å². The molecule has 0 aromatic heterocycles. The number of alkyl halides is 1. The first-order valence-corrected chi connectivity index (χ1v) is 7.05. The van der Waals surface area contributed by atoms with Crippen LogP contribution in [0.5, 0.6) is 0 Å².